The van der Waals surface area contributed by atoms with Crippen molar-refractivity contribution in [3.63, 3.8) is 0 Å². The van der Waals surface area contributed by atoms with E-state index in [9.17, 15) is 4.79 Å². The topological polar surface area (TPSA) is 64.4 Å². The van der Waals surface area contributed by atoms with Crippen LogP contribution in [0.5, 0.6) is 5.75 Å². The van der Waals surface area contributed by atoms with Crippen LogP contribution in [0, 0.1) is 5.92 Å². The van der Waals surface area contributed by atoms with E-state index in [0.717, 1.165) is 17.9 Å². The molecule has 0 radical (unpaired) electrons. The highest BCUT2D eigenvalue weighted by Gasteiger charge is 2.22. The van der Waals surface area contributed by atoms with Crippen LogP contribution in [0.15, 0.2) is 6.20 Å². The van der Waals surface area contributed by atoms with E-state index in [-0.39, 0.29) is 5.69 Å². The van der Waals surface area contributed by atoms with Crippen molar-refractivity contribution < 1.29 is 14.6 Å². The number of hydrogen-bond donors (Lipinski definition) is 1. The van der Waals surface area contributed by atoms with Gasteiger partial charge in [-0.2, -0.15) is 16.9 Å². The minimum Gasteiger partial charge on any atom is -0.493 e. The number of carboxylic acids is 1. The molecule has 6 heteroatoms. The van der Waals surface area contributed by atoms with Gasteiger partial charge in [-0.15, -0.1) is 0 Å². The third kappa shape index (κ3) is 2.16. The van der Waals surface area contributed by atoms with Gasteiger partial charge in [-0.25, -0.2) is 4.79 Å². The Hall–Kier alpha value is -1.17. The van der Waals surface area contributed by atoms with Crippen LogP contribution in [-0.4, -0.2) is 39.5 Å². The molecule has 0 saturated carbocycles. The van der Waals surface area contributed by atoms with Crippen molar-refractivity contribution in [2.45, 2.75) is 13.0 Å². The maximum atomic E-state index is 11.1. The quantitative estimate of drug-likeness (QED) is 0.863. The van der Waals surface area contributed by atoms with E-state index in [1.807, 2.05) is 11.8 Å². The van der Waals surface area contributed by atoms with Crippen molar-refractivity contribution in [2.75, 3.05) is 18.6 Å². The summed E-state index contributed by atoms with van der Waals surface area (Å²) in [7, 11) is 1.46. The molecule has 2 rings (SSSR count). The number of aromatic nitrogens is 2. The van der Waals surface area contributed by atoms with Gasteiger partial charge in [0.2, 0.25) is 0 Å². The lowest BCUT2D eigenvalue weighted by molar-refractivity contribution is 0.0678. The molecule has 0 amide bonds. The number of methoxy groups -OCH3 is 1. The molecule has 1 aromatic heterocycles. The summed E-state index contributed by atoms with van der Waals surface area (Å²) in [5.41, 5.74) is 0.152. The lowest BCUT2D eigenvalue weighted by Gasteiger charge is -2.10. The second kappa shape index (κ2) is 4.78. The summed E-state index contributed by atoms with van der Waals surface area (Å²) in [6.07, 6.45) is 2.59. The molecule has 1 aliphatic heterocycles. The molecule has 1 aliphatic rings. The van der Waals surface area contributed by atoms with Crippen LogP contribution in [-0.2, 0) is 6.54 Å². The summed E-state index contributed by atoms with van der Waals surface area (Å²) in [6.45, 7) is 0.665. The van der Waals surface area contributed by atoms with Crippen molar-refractivity contribution >= 4 is 17.7 Å². The van der Waals surface area contributed by atoms with Gasteiger partial charge >= 0.3 is 5.97 Å². The van der Waals surface area contributed by atoms with Gasteiger partial charge in [0.05, 0.1) is 13.3 Å². The van der Waals surface area contributed by atoms with Crippen molar-refractivity contribution in [2.24, 2.45) is 5.92 Å². The van der Waals surface area contributed by atoms with Crippen molar-refractivity contribution in [3.8, 4) is 5.75 Å². The zero-order chi connectivity index (χ0) is 11.5. The monoisotopic (exact) mass is 242 g/mol. The third-order valence-electron chi connectivity index (χ3n) is 2.68. The first-order chi connectivity index (χ1) is 7.72. The lowest BCUT2D eigenvalue weighted by atomic mass is 10.1. The van der Waals surface area contributed by atoms with E-state index in [1.54, 1.807) is 0 Å². The Morgan fingerprint density at radius 3 is 3.19 bits per heavy atom. The zero-order valence-corrected chi connectivity index (χ0v) is 9.87. The predicted molar refractivity (Wildman–Crippen MR) is 61.2 cm³/mol. The molecule has 1 aromatic rings. The SMILES string of the molecule is COc1cnn(CC2CCSC2)c1C(=O)O. The van der Waals surface area contributed by atoms with Gasteiger partial charge in [-0.05, 0) is 23.8 Å². The summed E-state index contributed by atoms with van der Waals surface area (Å²) in [5.74, 6) is 2.11. The minimum atomic E-state index is -0.986. The second-order valence-electron chi connectivity index (χ2n) is 3.78. The molecule has 1 atom stereocenters. The van der Waals surface area contributed by atoms with Gasteiger partial charge in [-0.3, -0.25) is 4.68 Å². The fourth-order valence-corrected chi connectivity index (χ4v) is 3.12. The van der Waals surface area contributed by atoms with E-state index in [2.05, 4.69) is 5.10 Å². The first kappa shape index (κ1) is 11.3. The minimum absolute atomic E-state index is 0.152. The normalized spacial score (nSPS) is 19.9. The molecule has 0 aliphatic carbocycles. The molecule has 1 unspecified atom stereocenters. The highest BCUT2D eigenvalue weighted by molar-refractivity contribution is 7.99. The standard InChI is InChI=1S/C10H14N2O3S/c1-15-8-4-11-12(9(8)10(13)14)5-7-2-3-16-6-7/h4,7H,2-3,5-6H2,1H3,(H,13,14). The summed E-state index contributed by atoms with van der Waals surface area (Å²) < 4.78 is 6.52. The second-order valence-corrected chi connectivity index (χ2v) is 4.93. The van der Waals surface area contributed by atoms with E-state index in [4.69, 9.17) is 9.84 Å². The number of thioether (sulfide) groups is 1. The van der Waals surface area contributed by atoms with Crippen LogP contribution in [0.3, 0.4) is 0 Å². The Balaban J connectivity index is 2.19. The third-order valence-corrected chi connectivity index (χ3v) is 3.91. The smallest absolute Gasteiger partial charge is 0.358 e. The molecule has 0 bridgehead atoms. The highest BCUT2D eigenvalue weighted by atomic mass is 32.2. The van der Waals surface area contributed by atoms with Gasteiger partial charge in [0.25, 0.3) is 0 Å². The fourth-order valence-electron chi connectivity index (χ4n) is 1.84. The zero-order valence-electron chi connectivity index (χ0n) is 9.05. The largest absolute Gasteiger partial charge is 0.493 e. The maximum Gasteiger partial charge on any atom is 0.358 e. The number of nitrogens with zero attached hydrogens (tertiary/aromatic N) is 2. The van der Waals surface area contributed by atoms with Crippen LogP contribution >= 0.6 is 11.8 Å². The molecule has 88 valence electrons. The number of rotatable bonds is 4. The molecule has 5 nitrogen and oxygen atoms in total. The van der Waals surface area contributed by atoms with Crippen LogP contribution in [0.4, 0.5) is 0 Å². The summed E-state index contributed by atoms with van der Waals surface area (Å²) >= 11 is 1.91. The van der Waals surface area contributed by atoms with Crippen molar-refractivity contribution in [1.29, 1.82) is 0 Å². The van der Waals surface area contributed by atoms with Gasteiger partial charge in [0.1, 0.15) is 0 Å². The Bertz CT molecular complexity index is 385. The van der Waals surface area contributed by atoms with Gasteiger partial charge in [0.15, 0.2) is 11.4 Å². The number of hydrogen-bond acceptors (Lipinski definition) is 4. The summed E-state index contributed by atoms with van der Waals surface area (Å²) in [5, 5.41) is 13.2. The molecular formula is C10H14N2O3S. The lowest BCUT2D eigenvalue weighted by Crippen LogP contribution is -2.16. The molecule has 0 spiro atoms. The maximum absolute atomic E-state index is 11.1. The van der Waals surface area contributed by atoms with E-state index >= 15 is 0 Å². The van der Waals surface area contributed by atoms with Crippen LogP contribution in [0.2, 0.25) is 0 Å². The van der Waals surface area contributed by atoms with E-state index in [1.165, 1.54) is 18.0 Å². The van der Waals surface area contributed by atoms with Crippen LogP contribution in [0.1, 0.15) is 16.9 Å². The van der Waals surface area contributed by atoms with Gasteiger partial charge < -0.3 is 9.84 Å². The molecule has 1 N–H and O–H groups in total. The number of carbonyl (C=O) groups is 1. The average Bonchev–Trinajstić information content (AvgIpc) is 2.87. The van der Waals surface area contributed by atoms with Crippen molar-refractivity contribution in [1.82, 2.24) is 9.78 Å². The molecule has 2 heterocycles. The Morgan fingerprint density at radius 1 is 1.81 bits per heavy atom. The molecular weight excluding hydrogens is 228 g/mol. The first-order valence-corrected chi connectivity index (χ1v) is 6.28. The summed E-state index contributed by atoms with van der Waals surface area (Å²) in [6, 6.07) is 0. The highest BCUT2D eigenvalue weighted by Crippen LogP contribution is 2.26. The number of ether oxygens (including phenoxy) is 1. The van der Waals surface area contributed by atoms with Crippen LogP contribution < -0.4 is 4.74 Å². The van der Waals surface area contributed by atoms with Gasteiger partial charge in [0, 0.05) is 6.54 Å². The number of carboxylic acid groups (broad SMARTS) is 1. The first-order valence-electron chi connectivity index (χ1n) is 5.13. The Morgan fingerprint density at radius 2 is 2.62 bits per heavy atom. The van der Waals surface area contributed by atoms with Gasteiger partial charge in [-0.1, -0.05) is 0 Å². The molecule has 16 heavy (non-hydrogen) atoms. The molecule has 1 saturated heterocycles. The Kier molecular flexibility index (Phi) is 3.38. The average molecular weight is 242 g/mol. The molecule has 1 fully saturated rings. The predicted octanol–water partition coefficient (Wildman–Crippen LogP) is 1.34. The molecule has 0 aromatic carbocycles. The van der Waals surface area contributed by atoms with E-state index in [0.29, 0.717) is 18.2 Å². The Labute approximate surface area is 97.8 Å². The van der Waals surface area contributed by atoms with Crippen molar-refractivity contribution in [3.05, 3.63) is 11.9 Å². The fraction of sp³-hybridized carbons (Fsp3) is 0.600. The van der Waals surface area contributed by atoms with E-state index < -0.39 is 5.97 Å². The summed E-state index contributed by atoms with van der Waals surface area (Å²) in [4.78, 5) is 11.1. The van der Waals surface area contributed by atoms with Crippen LogP contribution in [0.25, 0.3) is 0 Å². The number of aromatic carboxylic acids is 1.